The highest BCUT2D eigenvalue weighted by Gasteiger charge is 2.49. The van der Waals surface area contributed by atoms with Crippen molar-refractivity contribution >= 4 is 22.9 Å². The van der Waals surface area contributed by atoms with Crippen LogP contribution in [0.15, 0.2) is 51.2 Å². The Kier molecular flexibility index (Phi) is 14.0. The summed E-state index contributed by atoms with van der Waals surface area (Å²) < 4.78 is 45.5. The predicted octanol–water partition coefficient (Wildman–Crippen LogP) is -0.00740. The van der Waals surface area contributed by atoms with Gasteiger partial charge in [0.2, 0.25) is 23.8 Å². The number of hydrogen-bond donors (Lipinski definition) is 9. The predicted molar refractivity (Wildman–Crippen MR) is 195 cm³/mol. The molecule has 0 bridgehead atoms. The average Bonchev–Trinajstić information content (AvgIpc) is 3.18. The van der Waals surface area contributed by atoms with Crippen LogP contribution in [0.1, 0.15) is 33.3 Å². The molecular weight excluding hydrogens is 776 g/mol. The van der Waals surface area contributed by atoms with E-state index in [1.165, 1.54) is 38.3 Å². The minimum absolute atomic E-state index is 0.0222. The third kappa shape index (κ3) is 9.21. The van der Waals surface area contributed by atoms with Crippen molar-refractivity contribution in [2.24, 2.45) is 0 Å². The summed E-state index contributed by atoms with van der Waals surface area (Å²) in [6, 6.07) is 7.02. The molecule has 2 aliphatic rings. The zero-order chi connectivity index (χ0) is 42.7. The van der Waals surface area contributed by atoms with Crippen LogP contribution in [0.3, 0.4) is 0 Å². The average molecular weight is 823 g/mol. The van der Waals surface area contributed by atoms with Crippen LogP contribution < -0.4 is 19.6 Å². The summed E-state index contributed by atoms with van der Waals surface area (Å²) in [5.41, 5.74) is -0.214. The van der Waals surface area contributed by atoms with E-state index in [9.17, 15) is 60.3 Å². The summed E-state index contributed by atoms with van der Waals surface area (Å²) in [4.78, 5) is 38.2. The van der Waals surface area contributed by atoms with Crippen molar-refractivity contribution in [1.82, 2.24) is 0 Å². The van der Waals surface area contributed by atoms with Gasteiger partial charge >= 0.3 is 11.9 Å². The quantitative estimate of drug-likeness (QED) is 0.0719. The minimum Gasteiger partial charge on any atom is -0.507 e. The molecule has 20 heteroatoms. The number of methoxy groups -OCH3 is 1. The number of carbonyl (C=O) groups is 2. The summed E-state index contributed by atoms with van der Waals surface area (Å²) in [5, 5.41) is 93.0. The topological polar surface area (TPSA) is 311 Å². The largest absolute Gasteiger partial charge is 0.507 e. The Morgan fingerprint density at radius 2 is 1.57 bits per heavy atom. The molecule has 0 amide bonds. The lowest BCUT2D eigenvalue weighted by Gasteiger charge is -2.41. The van der Waals surface area contributed by atoms with Gasteiger partial charge in [0.05, 0.1) is 19.8 Å². The Morgan fingerprint density at radius 1 is 0.897 bits per heavy atom. The van der Waals surface area contributed by atoms with Crippen molar-refractivity contribution < 1.29 is 93.1 Å². The van der Waals surface area contributed by atoms with Gasteiger partial charge in [0, 0.05) is 17.2 Å². The standard InChI is InChI=1S/C38H46O20/c1-14(2)6-11-19-21(54-36-29(46)27(44)25(42)22(13-39)55-36)12-20(40)23-26(43)32(30(56-31(19)23)17-7-9-18(51-5)10-8-17)57-37-33(28(45)24(41)15(3)52-37)58-38(35(49)50)53-16(4)34(47)48/h6-10,12,15-16,22,24-25,27-29,33,36-42,44-46H,11,13H2,1-5H3,(H,47,48)(H,49,50)/t15-,16?,22+,24-,25+,27-,28+,29+,33+,36+,37-,38?/m0/s1. The summed E-state index contributed by atoms with van der Waals surface area (Å²) in [5.74, 6) is -4.88. The van der Waals surface area contributed by atoms with Crippen molar-refractivity contribution in [3.05, 3.63) is 57.8 Å². The van der Waals surface area contributed by atoms with Crippen molar-refractivity contribution in [3.8, 4) is 34.3 Å². The number of rotatable bonds is 15. The van der Waals surface area contributed by atoms with E-state index in [0.29, 0.717) is 5.75 Å². The number of fused-ring (bicyclic) bond motifs is 1. The van der Waals surface area contributed by atoms with Gasteiger partial charge < -0.3 is 83.5 Å². The molecule has 20 nitrogen and oxygen atoms in total. The number of phenolic OH excluding ortho intramolecular Hbond substituents is 1. The number of ether oxygens (including phenoxy) is 7. The van der Waals surface area contributed by atoms with Gasteiger partial charge in [-0.1, -0.05) is 11.6 Å². The van der Waals surface area contributed by atoms with Gasteiger partial charge in [0.15, 0.2) is 18.0 Å². The lowest BCUT2D eigenvalue weighted by Crippen LogP contribution is -2.61. The molecule has 9 N–H and O–H groups in total. The van der Waals surface area contributed by atoms with Gasteiger partial charge in [-0.2, -0.15) is 0 Å². The molecule has 3 heterocycles. The third-order valence-electron chi connectivity index (χ3n) is 9.50. The smallest absolute Gasteiger partial charge is 0.361 e. The number of allylic oxidation sites excluding steroid dienone is 2. The summed E-state index contributed by atoms with van der Waals surface area (Å²) in [6.45, 7) is 5.17. The number of aliphatic hydroxyl groups is 6. The fourth-order valence-electron chi connectivity index (χ4n) is 6.19. The second kappa shape index (κ2) is 18.4. The molecular formula is C38H46O20. The Labute approximate surface area is 329 Å². The van der Waals surface area contributed by atoms with Crippen LogP contribution in [0.25, 0.3) is 22.3 Å². The Hall–Kier alpha value is -4.87. The molecule has 2 fully saturated rings. The molecule has 2 aromatic carbocycles. The van der Waals surface area contributed by atoms with Gasteiger partial charge in [-0.3, -0.25) is 4.79 Å². The van der Waals surface area contributed by atoms with E-state index in [4.69, 9.17) is 37.6 Å². The summed E-state index contributed by atoms with van der Waals surface area (Å²) >= 11 is 0. The Morgan fingerprint density at radius 3 is 2.16 bits per heavy atom. The van der Waals surface area contributed by atoms with Gasteiger partial charge in [-0.05, 0) is 58.4 Å². The van der Waals surface area contributed by atoms with Gasteiger partial charge in [-0.15, -0.1) is 0 Å². The first kappa shape index (κ1) is 44.2. The van der Waals surface area contributed by atoms with E-state index in [-0.39, 0.29) is 34.6 Å². The van der Waals surface area contributed by atoms with E-state index in [1.807, 2.05) is 0 Å². The van der Waals surface area contributed by atoms with Crippen LogP contribution in [-0.4, -0.2) is 145 Å². The second-order valence-corrected chi connectivity index (χ2v) is 13.9. The molecule has 12 atom stereocenters. The number of benzene rings is 2. The number of phenols is 1. The molecule has 2 aliphatic heterocycles. The highest BCUT2D eigenvalue weighted by atomic mass is 16.8. The highest BCUT2D eigenvalue weighted by Crippen LogP contribution is 2.42. The summed E-state index contributed by atoms with van der Waals surface area (Å²) in [6.07, 6.45) is -19.5. The first-order chi connectivity index (χ1) is 27.4. The number of carboxylic acids is 2. The van der Waals surface area contributed by atoms with Crippen molar-refractivity contribution in [2.75, 3.05) is 13.7 Å². The van der Waals surface area contributed by atoms with E-state index in [2.05, 4.69) is 0 Å². The molecule has 5 rings (SSSR count). The lowest BCUT2D eigenvalue weighted by atomic mass is 9.99. The van der Waals surface area contributed by atoms with E-state index in [0.717, 1.165) is 18.6 Å². The minimum atomic E-state index is -2.35. The maximum atomic E-state index is 14.7. The number of hydrogen-bond acceptors (Lipinski definition) is 18. The zero-order valence-corrected chi connectivity index (χ0v) is 31.8. The van der Waals surface area contributed by atoms with Gasteiger partial charge in [0.25, 0.3) is 6.29 Å². The normalized spacial score (nSPS) is 28.3. The van der Waals surface area contributed by atoms with Crippen LogP contribution >= 0.6 is 0 Å². The van der Waals surface area contributed by atoms with Crippen molar-refractivity contribution in [1.29, 1.82) is 0 Å². The van der Waals surface area contributed by atoms with E-state index < -0.39 is 115 Å². The van der Waals surface area contributed by atoms with Gasteiger partial charge in [-0.25, -0.2) is 9.59 Å². The van der Waals surface area contributed by atoms with Crippen molar-refractivity contribution in [3.63, 3.8) is 0 Å². The Bertz CT molecular complexity index is 2020. The first-order valence-electron chi connectivity index (χ1n) is 17.9. The SMILES string of the molecule is COc1ccc(-c2oc3c(CC=C(C)C)c(O[C@@H]4O[C@H](CO)[C@@H](O)[C@H](O)[C@H]4O)cc(O)c3c(=O)c2O[C@@H]2O[C@@H](C)[C@H](O)[C@@H](O)[C@H]2OC(OC(C)C(=O)O)C(=O)O)cc1. The molecule has 318 valence electrons. The fraction of sp³-hybridized carbons (Fsp3) is 0.500. The molecule has 0 aliphatic carbocycles. The molecule has 0 spiro atoms. The number of aliphatic hydroxyl groups excluding tert-OH is 6. The fourth-order valence-corrected chi connectivity index (χ4v) is 6.19. The molecule has 2 saturated heterocycles. The molecule has 0 radical (unpaired) electrons. The molecule has 3 aromatic rings. The van der Waals surface area contributed by atoms with Crippen LogP contribution in [0, 0.1) is 0 Å². The van der Waals surface area contributed by atoms with Crippen LogP contribution in [0.2, 0.25) is 0 Å². The maximum Gasteiger partial charge on any atom is 0.361 e. The van der Waals surface area contributed by atoms with Crippen molar-refractivity contribution in [2.45, 2.75) is 108 Å². The number of aliphatic carboxylic acids is 2. The lowest BCUT2D eigenvalue weighted by molar-refractivity contribution is -0.311. The maximum absolute atomic E-state index is 14.7. The highest BCUT2D eigenvalue weighted by molar-refractivity contribution is 5.91. The van der Waals surface area contributed by atoms with Crippen LogP contribution in [0.5, 0.6) is 23.0 Å². The van der Waals surface area contributed by atoms with Gasteiger partial charge in [0.1, 0.15) is 64.8 Å². The third-order valence-corrected chi connectivity index (χ3v) is 9.50. The summed E-state index contributed by atoms with van der Waals surface area (Å²) in [7, 11) is 1.42. The second-order valence-electron chi connectivity index (χ2n) is 13.9. The van der Waals surface area contributed by atoms with Crippen LogP contribution in [-0.2, 0) is 35.0 Å². The monoisotopic (exact) mass is 822 g/mol. The van der Waals surface area contributed by atoms with E-state index >= 15 is 0 Å². The molecule has 0 saturated carbocycles. The first-order valence-corrected chi connectivity index (χ1v) is 17.9. The number of aromatic hydroxyl groups is 1. The van der Waals surface area contributed by atoms with E-state index in [1.54, 1.807) is 19.9 Å². The molecule has 58 heavy (non-hydrogen) atoms. The van der Waals surface area contributed by atoms with Crippen LogP contribution in [0.4, 0.5) is 0 Å². The zero-order valence-electron chi connectivity index (χ0n) is 31.8. The molecule has 2 unspecified atom stereocenters. The number of carboxylic acid groups (broad SMARTS) is 2. The molecule has 1 aromatic heterocycles. The Balaban J connectivity index is 1.71.